The van der Waals surface area contributed by atoms with E-state index in [0.29, 0.717) is 0 Å². The lowest BCUT2D eigenvalue weighted by Gasteiger charge is -2.29. The Morgan fingerprint density at radius 3 is 1.33 bits per heavy atom. The first-order valence-corrected chi connectivity index (χ1v) is 24.2. The average Bonchev–Trinajstić information content (AvgIpc) is 3.67. The van der Waals surface area contributed by atoms with Gasteiger partial charge in [0, 0.05) is 38.3 Å². The number of rotatable bonds is 33. The van der Waals surface area contributed by atoms with E-state index in [0.717, 1.165) is 22.3 Å². The molecule has 410 valence electrons. The Bertz CT molecular complexity index is 2360. The van der Waals surface area contributed by atoms with Gasteiger partial charge in [0.15, 0.2) is 11.9 Å². The Kier molecular flexibility index (Phi) is 24.7. The van der Waals surface area contributed by atoms with Crippen LogP contribution in [0.2, 0.25) is 0 Å². The number of carbonyl (C=O) groups is 10. The number of nitrogens with one attached hydrogen (secondary N) is 10. The molecule has 7 atom stereocenters. The second-order valence-electron chi connectivity index (χ2n) is 17.7. The lowest BCUT2D eigenvalue weighted by atomic mass is 9.96. The number of guanidine groups is 2. The fourth-order valence-electron chi connectivity index (χ4n) is 8.01. The number of benzene rings is 2. The van der Waals surface area contributed by atoms with Gasteiger partial charge in [-0.1, -0.05) is 68.8 Å². The van der Waals surface area contributed by atoms with Gasteiger partial charge in [0.2, 0.25) is 29.5 Å². The van der Waals surface area contributed by atoms with E-state index in [9.17, 15) is 68.4 Å². The molecule has 0 heterocycles. The highest BCUT2D eigenvalue weighted by Crippen LogP contribution is 2.44. The Balaban J connectivity index is 1.84. The van der Waals surface area contributed by atoms with Crippen LogP contribution < -0.4 is 54.0 Å². The molecule has 0 bridgehead atoms. The van der Waals surface area contributed by atoms with Gasteiger partial charge in [-0.2, -0.15) is 0 Å². The topological polar surface area (TPSA) is 457 Å². The van der Waals surface area contributed by atoms with Gasteiger partial charge in [-0.15, -0.1) is 0 Å². The molecule has 2 aromatic carbocycles. The zero-order chi connectivity index (χ0) is 55.8. The Morgan fingerprint density at radius 1 is 0.547 bits per heavy atom. The molecule has 0 aromatic heterocycles. The summed E-state index contributed by atoms with van der Waals surface area (Å²) in [5.41, 5.74) is 14.3. The van der Waals surface area contributed by atoms with Crippen LogP contribution in [0.5, 0.6) is 0 Å². The number of nitrogens with two attached hydrogens (primary N) is 2. The second-order valence-corrected chi connectivity index (χ2v) is 17.7. The number of hydrogen-bond donors (Lipinski definition) is 16. The van der Waals surface area contributed by atoms with Crippen LogP contribution in [0.3, 0.4) is 0 Å². The number of aliphatic carboxylic acids is 4. The monoisotopic (exact) mass is 1050 g/mol. The van der Waals surface area contributed by atoms with Crippen molar-refractivity contribution >= 4 is 71.4 Å². The van der Waals surface area contributed by atoms with Crippen LogP contribution in [-0.4, -0.2) is 148 Å². The number of fused-ring (bicyclic) bond motifs is 3. The van der Waals surface area contributed by atoms with Gasteiger partial charge >= 0.3 is 30.0 Å². The summed E-state index contributed by atoms with van der Waals surface area (Å²) in [6.45, 7) is 3.15. The van der Waals surface area contributed by atoms with Crippen LogP contribution in [-0.2, 0) is 47.9 Å². The molecule has 0 aliphatic heterocycles. The number of alkyl carbamates (subject to hydrolysis) is 1. The van der Waals surface area contributed by atoms with E-state index in [4.69, 9.17) is 27.0 Å². The SMILES string of the molecule is CC[C@H](C)[C@H](NC(=O)[C@H](CCC(=O)O)NC(=O)[C@H](CCC(=O)O)NC(=O)OCC1c2ccccc2-c2ccccc21)C(=O)N[C@@H](CCC(=O)O)C(=O)N[C@@H](CCCNC(=N)N)C(=O)N[C@@H](CCCNC(=N)N)C(=O)O. The second kappa shape index (κ2) is 30.5. The van der Waals surface area contributed by atoms with Gasteiger partial charge in [0.25, 0.3) is 0 Å². The molecular formula is C48H68N12O15. The van der Waals surface area contributed by atoms with Crippen LogP contribution in [0.4, 0.5) is 4.79 Å². The fraction of sp³-hybridized carbons (Fsp3) is 0.500. The molecule has 18 N–H and O–H groups in total. The highest BCUT2D eigenvalue weighted by atomic mass is 16.5. The molecule has 1 aliphatic rings. The minimum absolute atomic E-state index is 0.0372. The van der Waals surface area contributed by atoms with Crippen LogP contribution >= 0.6 is 0 Å². The van der Waals surface area contributed by atoms with Crippen molar-refractivity contribution in [1.82, 2.24) is 42.5 Å². The van der Waals surface area contributed by atoms with Crippen molar-refractivity contribution in [2.24, 2.45) is 17.4 Å². The van der Waals surface area contributed by atoms with E-state index in [1.165, 1.54) is 6.92 Å². The van der Waals surface area contributed by atoms with Gasteiger partial charge in [0.05, 0.1) is 0 Å². The molecule has 3 rings (SSSR count). The van der Waals surface area contributed by atoms with E-state index >= 15 is 0 Å². The lowest BCUT2D eigenvalue weighted by molar-refractivity contribution is -0.142. The van der Waals surface area contributed by atoms with Gasteiger partial charge in [-0.05, 0) is 73.1 Å². The number of ether oxygens (including phenoxy) is 1. The third kappa shape index (κ3) is 20.5. The predicted molar refractivity (Wildman–Crippen MR) is 268 cm³/mol. The molecule has 0 unspecified atom stereocenters. The van der Waals surface area contributed by atoms with E-state index in [2.05, 4.69) is 42.5 Å². The van der Waals surface area contributed by atoms with Crippen LogP contribution in [0.15, 0.2) is 48.5 Å². The quantitative estimate of drug-likeness (QED) is 0.0245. The fourth-order valence-corrected chi connectivity index (χ4v) is 8.01. The molecule has 6 amide bonds. The number of hydrogen-bond acceptors (Lipinski definition) is 13. The zero-order valence-corrected chi connectivity index (χ0v) is 41.6. The normalized spacial score (nSPS) is 14.2. The van der Waals surface area contributed by atoms with E-state index in [-0.39, 0.29) is 63.7 Å². The van der Waals surface area contributed by atoms with Gasteiger partial charge in [-0.25, -0.2) is 9.59 Å². The standard InChI is InChI=1S/C48H68N12O15/c1-3-25(2)39(44(71)57-32(16-19-36(61)62)41(68)55-31(14-8-22-53-46(49)50)40(67)58-35(45(72)73)15-9-23-54-47(51)52)60-43(70)33(17-20-37(63)64)56-42(69)34(18-21-38(65)66)59-48(74)75-24-30-28-12-6-4-10-26(28)27-11-5-7-13-29(27)30/h4-7,10-13,25,30-35,39H,3,8-9,14-24H2,1-2H3,(H,55,68)(H,56,69)(H,57,71)(H,58,67)(H,59,74)(H,60,70)(H,61,62)(H,63,64)(H,65,66)(H,72,73)(H4,49,50,53)(H4,51,52,54)/t25-,31-,32-,33-,34-,35-,39-/m0/s1. The molecule has 2 aromatic rings. The third-order valence-corrected chi connectivity index (χ3v) is 12.2. The molecule has 27 heteroatoms. The van der Waals surface area contributed by atoms with Crippen molar-refractivity contribution in [3.05, 3.63) is 59.7 Å². The highest BCUT2D eigenvalue weighted by molar-refractivity contribution is 5.97. The number of carboxylic acid groups (broad SMARTS) is 4. The molecule has 75 heavy (non-hydrogen) atoms. The van der Waals surface area contributed by atoms with Crippen LogP contribution in [0.25, 0.3) is 11.1 Å². The molecule has 0 radical (unpaired) electrons. The smallest absolute Gasteiger partial charge is 0.407 e. The van der Waals surface area contributed by atoms with E-state index in [1.54, 1.807) is 6.92 Å². The summed E-state index contributed by atoms with van der Waals surface area (Å²) in [7, 11) is 0. The maximum Gasteiger partial charge on any atom is 0.407 e. The van der Waals surface area contributed by atoms with Gasteiger partial charge in [-0.3, -0.25) is 49.2 Å². The molecule has 27 nitrogen and oxygen atoms in total. The van der Waals surface area contributed by atoms with E-state index < -0.39 is 146 Å². The minimum atomic E-state index is -1.72. The van der Waals surface area contributed by atoms with Crippen molar-refractivity contribution in [3.63, 3.8) is 0 Å². The van der Waals surface area contributed by atoms with Gasteiger partial charge in [0.1, 0.15) is 42.9 Å². The molecule has 0 saturated carbocycles. The molecule has 0 fully saturated rings. The maximum absolute atomic E-state index is 14.1. The summed E-state index contributed by atoms with van der Waals surface area (Å²) in [4.78, 5) is 130. The van der Waals surface area contributed by atoms with Crippen molar-refractivity contribution in [3.8, 4) is 11.1 Å². The summed E-state index contributed by atoms with van der Waals surface area (Å²) in [5, 5.41) is 72.5. The summed E-state index contributed by atoms with van der Waals surface area (Å²) >= 11 is 0. The molecule has 0 spiro atoms. The van der Waals surface area contributed by atoms with Crippen molar-refractivity contribution in [2.45, 2.75) is 127 Å². The first-order chi connectivity index (χ1) is 35.5. The first kappa shape index (κ1) is 60.8. The van der Waals surface area contributed by atoms with E-state index in [1.807, 2.05) is 48.5 Å². The number of amides is 6. The molecule has 0 saturated heterocycles. The molecular weight excluding hydrogens is 985 g/mol. The Morgan fingerprint density at radius 2 is 0.920 bits per heavy atom. The Labute approximate surface area is 431 Å². The summed E-state index contributed by atoms with van der Waals surface area (Å²) in [6.07, 6.45) is -4.60. The van der Waals surface area contributed by atoms with Crippen molar-refractivity contribution in [2.75, 3.05) is 19.7 Å². The Hall–Kier alpha value is -8.52. The zero-order valence-electron chi connectivity index (χ0n) is 41.6. The van der Waals surface area contributed by atoms with Crippen molar-refractivity contribution < 1.29 is 73.1 Å². The van der Waals surface area contributed by atoms with Crippen LogP contribution in [0, 0.1) is 16.7 Å². The first-order valence-electron chi connectivity index (χ1n) is 24.2. The third-order valence-electron chi connectivity index (χ3n) is 12.2. The largest absolute Gasteiger partial charge is 0.481 e. The number of carboxylic acids is 4. The average molecular weight is 1050 g/mol. The minimum Gasteiger partial charge on any atom is -0.481 e. The predicted octanol–water partition coefficient (Wildman–Crippen LogP) is -0.431. The maximum atomic E-state index is 14.1. The molecule has 1 aliphatic carbocycles. The summed E-state index contributed by atoms with van der Waals surface area (Å²) in [6, 6.07) is 5.51. The van der Waals surface area contributed by atoms with Gasteiger partial charge < -0.3 is 79.2 Å². The summed E-state index contributed by atoms with van der Waals surface area (Å²) < 4.78 is 5.56. The van der Waals surface area contributed by atoms with Crippen molar-refractivity contribution in [1.29, 1.82) is 10.8 Å². The summed E-state index contributed by atoms with van der Waals surface area (Å²) in [5.74, 6) is -12.7. The number of carbonyl (C=O) groups excluding carboxylic acids is 6. The lowest BCUT2D eigenvalue weighted by Crippen LogP contribution is -2.60. The van der Waals surface area contributed by atoms with Crippen LogP contribution in [0.1, 0.15) is 102 Å². The highest BCUT2D eigenvalue weighted by Gasteiger charge is 2.36.